The van der Waals surface area contributed by atoms with Crippen LogP contribution in [-0.4, -0.2) is 38.1 Å². The van der Waals surface area contributed by atoms with Gasteiger partial charge >= 0.3 is 0 Å². The van der Waals surface area contributed by atoms with Gasteiger partial charge in [-0.1, -0.05) is 0 Å². The van der Waals surface area contributed by atoms with Gasteiger partial charge in [-0.25, -0.2) is 0 Å². The fourth-order valence-electron chi connectivity index (χ4n) is 1.25. The lowest BCUT2D eigenvalue weighted by Crippen LogP contribution is -2.33. The van der Waals surface area contributed by atoms with Crippen molar-refractivity contribution < 1.29 is 9.53 Å². The van der Waals surface area contributed by atoms with Crippen LogP contribution in [0, 0.1) is 0 Å². The zero-order chi connectivity index (χ0) is 8.81. The molecule has 4 heteroatoms. The third kappa shape index (κ3) is 3.30. The zero-order valence-electron chi connectivity index (χ0n) is 7.21. The van der Waals surface area contributed by atoms with E-state index in [4.69, 9.17) is 10.5 Å². The van der Waals surface area contributed by atoms with Crippen LogP contribution in [0.5, 0.6) is 0 Å². The van der Waals surface area contributed by atoms with Gasteiger partial charge in [0.15, 0.2) is 5.78 Å². The van der Waals surface area contributed by atoms with Gasteiger partial charge in [0, 0.05) is 13.2 Å². The van der Waals surface area contributed by atoms with Crippen LogP contribution in [0.2, 0.25) is 0 Å². The number of ether oxygens (including phenoxy) is 1. The molecule has 0 radical (unpaired) electrons. The summed E-state index contributed by atoms with van der Waals surface area (Å²) in [7, 11) is 0. The monoisotopic (exact) mass is 172 g/mol. The molecule has 0 amide bonds. The predicted molar refractivity (Wildman–Crippen MR) is 45.9 cm³/mol. The minimum atomic E-state index is 0.0491. The van der Waals surface area contributed by atoms with E-state index < -0.39 is 0 Å². The third-order valence-electron chi connectivity index (χ3n) is 1.95. The second-order valence-electron chi connectivity index (χ2n) is 3.01. The Bertz CT molecular complexity index is 144. The van der Waals surface area contributed by atoms with Crippen LogP contribution in [0.4, 0.5) is 0 Å². The molecule has 0 aliphatic carbocycles. The Balaban J connectivity index is 1.97. The first-order valence-electron chi connectivity index (χ1n) is 4.37. The van der Waals surface area contributed by atoms with E-state index >= 15 is 0 Å². The summed E-state index contributed by atoms with van der Waals surface area (Å²) in [4.78, 5) is 10.8. The second kappa shape index (κ2) is 5.24. The molecule has 1 heterocycles. The minimum absolute atomic E-state index is 0.0491. The van der Waals surface area contributed by atoms with Crippen molar-refractivity contribution in [3.8, 4) is 0 Å². The normalized spacial score (nSPS) is 22.9. The maximum absolute atomic E-state index is 10.8. The van der Waals surface area contributed by atoms with Crippen LogP contribution in [-0.2, 0) is 9.53 Å². The highest BCUT2D eigenvalue weighted by atomic mass is 16.5. The first-order chi connectivity index (χ1) is 5.83. The van der Waals surface area contributed by atoms with Gasteiger partial charge in [-0.05, 0) is 12.8 Å². The van der Waals surface area contributed by atoms with Crippen molar-refractivity contribution in [3.63, 3.8) is 0 Å². The second-order valence-corrected chi connectivity index (χ2v) is 3.01. The highest BCUT2D eigenvalue weighted by molar-refractivity contribution is 5.82. The number of hydrogen-bond acceptors (Lipinski definition) is 4. The van der Waals surface area contributed by atoms with E-state index in [-0.39, 0.29) is 12.3 Å². The fourth-order valence-corrected chi connectivity index (χ4v) is 1.25. The van der Waals surface area contributed by atoms with Crippen molar-refractivity contribution >= 4 is 5.78 Å². The maximum atomic E-state index is 10.8. The standard InChI is InChI=1S/C8H16N2O2/c9-4-7(11)5-10-6-8-2-1-3-12-8/h8,10H,1-6,9H2. The fraction of sp³-hybridized carbons (Fsp3) is 0.875. The molecular formula is C8H16N2O2. The number of ketones is 1. The largest absolute Gasteiger partial charge is 0.377 e. The van der Waals surface area contributed by atoms with Crippen molar-refractivity contribution in [1.29, 1.82) is 0 Å². The molecule has 3 N–H and O–H groups in total. The van der Waals surface area contributed by atoms with Gasteiger partial charge in [0.1, 0.15) is 0 Å². The molecule has 1 rings (SSSR count). The number of rotatable bonds is 5. The van der Waals surface area contributed by atoms with Crippen molar-refractivity contribution in [2.45, 2.75) is 18.9 Å². The van der Waals surface area contributed by atoms with Gasteiger partial charge in [0.25, 0.3) is 0 Å². The Kier molecular flexibility index (Phi) is 4.21. The maximum Gasteiger partial charge on any atom is 0.160 e. The topological polar surface area (TPSA) is 64.4 Å². The van der Waals surface area contributed by atoms with Crippen LogP contribution in [0.3, 0.4) is 0 Å². The molecule has 0 saturated carbocycles. The van der Waals surface area contributed by atoms with Gasteiger partial charge in [-0.3, -0.25) is 4.79 Å². The summed E-state index contributed by atoms with van der Waals surface area (Å²) in [5.74, 6) is 0.0491. The van der Waals surface area contributed by atoms with Crippen molar-refractivity contribution in [1.82, 2.24) is 5.32 Å². The lowest BCUT2D eigenvalue weighted by atomic mass is 10.2. The van der Waals surface area contributed by atoms with E-state index in [1.54, 1.807) is 0 Å². The molecule has 4 nitrogen and oxygen atoms in total. The van der Waals surface area contributed by atoms with E-state index in [9.17, 15) is 4.79 Å². The molecule has 1 aliphatic rings. The molecule has 1 fully saturated rings. The van der Waals surface area contributed by atoms with Crippen molar-refractivity contribution in [2.24, 2.45) is 5.73 Å². The van der Waals surface area contributed by atoms with Gasteiger partial charge < -0.3 is 15.8 Å². The van der Waals surface area contributed by atoms with E-state index in [1.807, 2.05) is 0 Å². The number of nitrogens with two attached hydrogens (primary N) is 1. The van der Waals surface area contributed by atoms with E-state index in [0.29, 0.717) is 12.6 Å². The molecule has 1 unspecified atom stereocenters. The van der Waals surface area contributed by atoms with E-state index in [2.05, 4.69) is 5.32 Å². The van der Waals surface area contributed by atoms with Gasteiger partial charge in [0.05, 0.1) is 19.2 Å². The number of carbonyl (C=O) groups excluding carboxylic acids is 1. The smallest absolute Gasteiger partial charge is 0.160 e. The third-order valence-corrected chi connectivity index (χ3v) is 1.95. The summed E-state index contributed by atoms with van der Waals surface area (Å²) in [6.45, 7) is 2.12. The highest BCUT2D eigenvalue weighted by Crippen LogP contribution is 2.10. The van der Waals surface area contributed by atoms with Gasteiger partial charge in [0.2, 0.25) is 0 Å². The first-order valence-corrected chi connectivity index (χ1v) is 4.37. The molecule has 0 aromatic carbocycles. The molecule has 0 aromatic rings. The summed E-state index contributed by atoms with van der Waals surface area (Å²) in [5, 5.41) is 3.02. The Labute approximate surface area is 72.5 Å². The average Bonchev–Trinajstić information content (AvgIpc) is 2.57. The summed E-state index contributed by atoms with van der Waals surface area (Å²) >= 11 is 0. The van der Waals surface area contributed by atoms with Gasteiger partial charge in [-0.15, -0.1) is 0 Å². The lowest BCUT2D eigenvalue weighted by molar-refractivity contribution is -0.117. The lowest BCUT2D eigenvalue weighted by Gasteiger charge is -2.09. The number of carbonyl (C=O) groups is 1. The molecule has 0 bridgehead atoms. The molecule has 1 saturated heterocycles. The van der Waals surface area contributed by atoms with Crippen LogP contribution in [0.25, 0.3) is 0 Å². The summed E-state index contributed by atoms with van der Waals surface area (Å²) in [6, 6.07) is 0. The minimum Gasteiger partial charge on any atom is -0.377 e. The van der Waals surface area contributed by atoms with Crippen molar-refractivity contribution in [2.75, 3.05) is 26.2 Å². The molecule has 0 aromatic heterocycles. The van der Waals surface area contributed by atoms with E-state index in [1.165, 1.54) is 0 Å². The Morgan fingerprint density at radius 2 is 2.50 bits per heavy atom. The summed E-state index contributed by atoms with van der Waals surface area (Å²) < 4.78 is 5.36. The Hall–Kier alpha value is -0.450. The summed E-state index contributed by atoms with van der Waals surface area (Å²) in [5.41, 5.74) is 5.15. The molecule has 70 valence electrons. The first kappa shape index (κ1) is 9.64. The number of hydrogen-bond donors (Lipinski definition) is 2. The zero-order valence-corrected chi connectivity index (χ0v) is 7.21. The molecule has 12 heavy (non-hydrogen) atoms. The van der Waals surface area contributed by atoms with Crippen LogP contribution in [0.15, 0.2) is 0 Å². The molecule has 1 atom stereocenters. The molecular weight excluding hydrogens is 156 g/mol. The highest BCUT2D eigenvalue weighted by Gasteiger charge is 2.14. The number of nitrogens with one attached hydrogen (secondary N) is 1. The number of Topliss-reactive ketones (excluding diaryl/α,β-unsaturated/α-hetero) is 1. The SMILES string of the molecule is NCC(=O)CNCC1CCCO1. The predicted octanol–water partition coefficient (Wildman–Crippen LogP) is -0.717. The Morgan fingerprint density at radius 1 is 1.67 bits per heavy atom. The summed E-state index contributed by atoms with van der Waals surface area (Å²) in [6.07, 6.45) is 2.54. The van der Waals surface area contributed by atoms with Crippen LogP contribution >= 0.6 is 0 Å². The average molecular weight is 172 g/mol. The van der Waals surface area contributed by atoms with Crippen LogP contribution < -0.4 is 11.1 Å². The van der Waals surface area contributed by atoms with Crippen molar-refractivity contribution in [3.05, 3.63) is 0 Å². The molecule has 1 aliphatic heterocycles. The van der Waals surface area contributed by atoms with Crippen LogP contribution in [0.1, 0.15) is 12.8 Å². The quantitative estimate of drug-likeness (QED) is 0.574. The molecule has 0 spiro atoms. The van der Waals surface area contributed by atoms with E-state index in [0.717, 1.165) is 26.0 Å². The Morgan fingerprint density at radius 3 is 3.08 bits per heavy atom. The van der Waals surface area contributed by atoms with Gasteiger partial charge in [-0.2, -0.15) is 0 Å².